The topological polar surface area (TPSA) is 44.8 Å². The summed E-state index contributed by atoms with van der Waals surface area (Å²) in [5.41, 5.74) is 2.00. The van der Waals surface area contributed by atoms with Crippen LogP contribution in [0.25, 0.3) is 0 Å². The number of carbonyl (C=O) groups excluding carboxylic acids is 1. The van der Waals surface area contributed by atoms with Crippen molar-refractivity contribution in [2.45, 2.75) is 32.5 Å². The quantitative estimate of drug-likeness (QED) is 0.909. The molecule has 3 rings (SSSR count). The van der Waals surface area contributed by atoms with Gasteiger partial charge in [0, 0.05) is 31.7 Å². The monoisotopic (exact) mass is 353 g/mol. The van der Waals surface area contributed by atoms with E-state index in [4.69, 9.17) is 4.74 Å². The molecule has 26 heavy (non-hydrogen) atoms. The van der Waals surface area contributed by atoms with Crippen LogP contribution in [0.3, 0.4) is 0 Å². The van der Waals surface area contributed by atoms with Crippen molar-refractivity contribution < 1.29 is 9.53 Å². The lowest BCUT2D eigenvalue weighted by atomic mass is 10.1. The first-order valence-electron chi connectivity index (χ1n) is 9.07. The summed E-state index contributed by atoms with van der Waals surface area (Å²) in [4.78, 5) is 17.1. The number of hydrogen-bond acceptors (Lipinski definition) is 3. The predicted octanol–water partition coefficient (Wildman–Crippen LogP) is 3.82. The summed E-state index contributed by atoms with van der Waals surface area (Å²) in [7, 11) is 1.61. The lowest BCUT2D eigenvalue weighted by molar-refractivity contribution is 0.0526. The summed E-state index contributed by atoms with van der Waals surface area (Å²) < 4.78 is 5.32. The fourth-order valence-corrected chi connectivity index (χ4v) is 3.57. The van der Waals surface area contributed by atoms with E-state index in [1.807, 2.05) is 35.2 Å². The minimum Gasteiger partial charge on any atom is -0.495 e. The van der Waals surface area contributed by atoms with Crippen molar-refractivity contribution in [2.75, 3.05) is 25.5 Å². The van der Waals surface area contributed by atoms with Gasteiger partial charge in [-0.2, -0.15) is 0 Å². The zero-order valence-electron chi connectivity index (χ0n) is 15.7. The van der Waals surface area contributed by atoms with Gasteiger partial charge in [-0.05, 0) is 31.5 Å². The summed E-state index contributed by atoms with van der Waals surface area (Å²) in [6, 6.07) is 18.5. The Morgan fingerprint density at radius 1 is 1.04 bits per heavy atom. The number of benzene rings is 2. The molecule has 0 aromatic heterocycles. The SMILES string of the molecule is COc1ccccc1NC(=O)N1C[C@@H](C)N(Cc2ccccc2)[C@@H](C)C1. The van der Waals surface area contributed by atoms with Crippen LogP contribution in [0.1, 0.15) is 19.4 Å². The van der Waals surface area contributed by atoms with E-state index in [0.717, 1.165) is 6.54 Å². The highest BCUT2D eigenvalue weighted by atomic mass is 16.5. The molecule has 0 unspecified atom stereocenters. The van der Waals surface area contributed by atoms with E-state index in [-0.39, 0.29) is 6.03 Å². The number of nitrogens with one attached hydrogen (secondary N) is 1. The molecule has 1 fully saturated rings. The van der Waals surface area contributed by atoms with Crippen molar-refractivity contribution in [3.05, 3.63) is 60.2 Å². The number of nitrogens with zero attached hydrogens (tertiary/aromatic N) is 2. The van der Waals surface area contributed by atoms with Crippen LogP contribution in [-0.4, -0.2) is 48.1 Å². The average molecular weight is 353 g/mol. The van der Waals surface area contributed by atoms with Gasteiger partial charge in [-0.1, -0.05) is 42.5 Å². The molecule has 1 saturated heterocycles. The number of methoxy groups -OCH3 is 1. The number of piperazine rings is 1. The first kappa shape index (κ1) is 18.3. The first-order valence-corrected chi connectivity index (χ1v) is 9.07. The summed E-state index contributed by atoms with van der Waals surface area (Å²) in [5, 5.41) is 2.98. The van der Waals surface area contributed by atoms with Gasteiger partial charge >= 0.3 is 6.03 Å². The Balaban J connectivity index is 1.64. The van der Waals surface area contributed by atoms with E-state index < -0.39 is 0 Å². The molecule has 5 nitrogen and oxygen atoms in total. The van der Waals surface area contributed by atoms with E-state index in [9.17, 15) is 4.79 Å². The molecular weight excluding hydrogens is 326 g/mol. The largest absolute Gasteiger partial charge is 0.495 e. The molecule has 1 aliphatic heterocycles. The Kier molecular flexibility index (Phi) is 5.78. The summed E-state index contributed by atoms with van der Waals surface area (Å²) >= 11 is 0. The zero-order chi connectivity index (χ0) is 18.5. The third kappa shape index (κ3) is 4.17. The Labute approximate surface area is 155 Å². The van der Waals surface area contributed by atoms with Crippen LogP contribution in [0, 0.1) is 0 Å². The maximum absolute atomic E-state index is 12.7. The zero-order valence-corrected chi connectivity index (χ0v) is 15.7. The second-order valence-electron chi connectivity index (χ2n) is 6.89. The van der Waals surface area contributed by atoms with Gasteiger partial charge in [0.05, 0.1) is 12.8 Å². The number of hydrogen-bond donors (Lipinski definition) is 1. The van der Waals surface area contributed by atoms with Crippen molar-refractivity contribution in [3.8, 4) is 5.75 Å². The van der Waals surface area contributed by atoms with Gasteiger partial charge in [0.15, 0.2) is 0 Å². The van der Waals surface area contributed by atoms with E-state index in [0.29, 0.717) is 36.6 Å². The molecule has 0 aliphatic carbocycles. The molecule has 0 saturated carbocycles. The van der Waals surface area contributed by atoms with Crippen LogP contribution < -0.4 is 10.1 Å². The van der Waals surface area contributed by atoms with E-state index in [1.165, 1.54) is 5.56 Å². The third-order valence-corrected chi connectivity index (χ3v) is 4.95. The normalized spacial score (nSPS) is 20.7. The molecule has 2 atom stereocenters. The molecule has 2 amide bonds. The fourth-order valence-electron chi connectivity index (χ4n) is 3.57. The molecule has 2 aromatic rings. The van der Waals surface area contributed by atoms with E-state index in [2.05, 4.69) is 48.3 Å². The van der Waals surface area contributed by atoms with Crippen LogP contribution >= 0.6 is 0 Å². The van der Waals surface area contributed by atoms with Crippen molar-refractivity contribution >= 4 is 11.7 Å². The Bertz CT molecular complexity index is 723. The van der Waals surface area contributed by atoms with Gasteiger partial charge in [-0.3, -0.25) is 4.90 Å². The maximum Gasteiger partial charge on any atom is 0.322 e. The van der Waals surface area contributed by atoms with Crippen molar-refractivity contribution in [2.24, 2.45) is 0 Å². The van der Waals surface area contributed by atoms with Gasteiger partial charge in [0.1, 0.15) is 5.75 Å². The molecular formula is C21H27N3O2. The molecule has 5 heteroatoms. The minimum absolute atomic E-state index is 0.0763. The molecule has 1 N–H and O–H groups in total. The Morgan fingerprint density at radius 3 is 2.31 bits per heavy atom. The van der Waals surface area contributed by atoms with Crippen LogP contribution in [-0.2, 0) is 6.54 Å². The van der Waals surface area contributed by atoms with Crippen molar-refractivity contribution in [1.29, 1.82) is 0 Å². The van der Waals surface area contributed by atoms with Gasteiger partial charge in [0.25, 0.3) is 0 Å². The van der Waals surface area contributed by atoms with E-state index in [1.54, 1.807) is 7.11 Å². The van der Waals surface area contributed by atoms with Crippen LogP contribution in [0.2, 0.25) is 0 Å². The summed E-state index contributed by atoms with van der Waals surface area (Å²) in [5.74, 6) is 0.671. The predicted molar refractivity (Wildman–Crippen MR) is 104 cm³/mol. The molecule has 1 aliphatic rings. The number of para-hydroxylation sites is 2. The Hall–Kier alpha value is -2.53. The number of anilines is 1. The standard InChI is InChI=1S/C21H27N3O2/c1-16-13-23(21(25)22-19-11-7-8-12-20(19)26-3)14-17(2)24(16)15-18-9-5-4-6-10-18/h4-12,16-17H,13-15H2,1-3H3,(H,22,25)/t16-,17+. The maximum atomic E-state index is 12.7. The van der Waals surface area contributed by atoms with Crippen LogP contribution in [0.15, 0.2) is 54.6 Å². The molecule has 1 heterocycles. The van der Waals surface area contributed by atoms with Gasteiger partial charge in [0.2, 0.25) is 0 Å². The van der Waals surface area contributed by atoms with Gasteiger partial charge in [-0.15, -0.1) is 0 Å². The Morgan fingerprint density at radius 2 is 1.65 bits per heavy atom. The molecule has 0 spiro atoms. The summed E-state index contributed by atoms with van der Waals surface area (Å²) in [6.45, 7) is 6.69. The number of rotatable bonds is 4. The molecule has 0 radical (unpaired) electrons. The highest BCUT2D eigenvalue weighted by Crippen LogP contribution is 2.25. The lowest BCUT2D eigenvalue weighted by Crippen LogP contribution is -2.58. The van der Waals surface area contributed by atoms with Crippen molar-refractivity contribution in [1.82, 2.24) is 9.80 Å². The number of urea groups is 1. The highest BCUT2D eigenvalue weighted by Gasteiger charge is 2.31. The number of amides is 2. The average Bonchev–Trinajstić information content (AvgIpc) is 2.65. The number of ether oxygens (including phenoxy) is 1. The van der Waals surface area contributed by atoms with Crippen LogP contribution in [0.4, 0.5) is 10.5 Å². The third-order valence-electron chi connectivity index (χ3n) is 4.95. The second kappa shape index (κ2) is 8.23. The summed E-state index contributed by atoms with van der Waals surface area (Å²) in [6.07, 6.45) is 0. The minimum atomic E-state index is -0.0763. The van der Waals surface area contributed by atoms with Gasteiger partial charge in [-0.25, -0.2) is 4.79 Å². The second-order valence-corrected chi connectivity index (χ2v) is 6.89. The van der Waals surface area contributed by atoms with E-state index >= 15 is 0 Å². The molecule has 2 aromatic carbocycles. The van der Waals surface area contributed by atoms with Gasteiger partial charge < -0.3 is 15.0 Å². The molecule has 138 valence electrons. The first-order chi connectivity index (χ1) is 12.6. The van der Waals surface area contributed by atoms with Crippen molar-refractivity contribution in [3.63, 3.8) is 0 Å². The number of carbonyl (C=O) groups is 1. The molecule has 0 bridgehead atoms. The lowest BCUT2D eigenvalue weighted by Gasteiger charge is -2.44. The highest BCUT2D eigenvalue weighted by molar-refractivity contribution is 5.91. The fraction of sp³-hybridized carbons (Fsp3) is 0.381. The van der Waals surface area contributed by atoms with Crippen LogP contribution in [0.5, 0.6) is 5.75 Å². The smallest absolute Gasteiger partial charge is 0.322 e.